The number of anilines is 2. The van der Waals surface area contributed by atoms with Crippen LogP contribution >= 0.6 is 11.3 Å². The lowest BCUT2D eigenvalue weighted by molar-refractivity contribution is -0.120. The number of amides is 3. The Labute approximate surface area is 145 Å². The van der Waals surface area contributed by atoms with Gasteiger partial charge < -0.3 is 10.6 Å². The van der Waals surface area contributed by atoms with Crippen molar-refractivity contribution in [1.29, 1.82) is 0 Å². The Kier molecular flexibility index (Phi) is 6.31. The summed E-state index contributed by atoms with van der Waals surface area (Å²) < 4.78 is 0. The lowest BCUT2D eigenvalue weighted by atomic mass is 10.2. The maximum absolute atomic E-state index is 12.0. The van der Waals surface area contributed by atoms with Crippen LogP contribution in [0.25, 0.3) is 0 Å². The molecule has 128 valence electrons. The first-order valence-corrected chi connectivity index (χ1v) is 8.66. The van der Waals surface area contributed by atoms with Crippen LogP contribution in [-0.2, 0) is 11.2 Å². The number of nitrogens with one attached hydrogen (secondary N) is 3. The molecular formula is C17H22N4O2S. The number of nitrogens with zero attached hydrogens (tertiary/aromatic N) is 1. The van der Waals surface area contributed by atoms with Crippen LogP contribution in [0.1, 0.15) is 25.1 Å². The van der Waals surface area contributed by atoms with E-state index in [-0.39, 0.29) is 18.4 Å². The Morgan fingerprint density at radius 2 is 2.04 bits per heavy atom. The Morgan fingerprint density at radius 3 is 2.75 bits per heavy atom. The smallest absolute Gasteiger partial charge is 0.325 e. The van der Waals surface area contributed by atoms with Crippen LogP contribution < -0.4 is 16.0 Å². The van der Waals surface area contributed by atoms with Gasteiger partial charge in [-0.2, -0.15) is 0 Å². The number of hydrogen-bond donors (Lipinski definition) is 3. The van der Waals surface area contributed by atoms with Crippen molar-refractivity contribution >= 4 is 34.1 Å². The molecule has 0 radical (unpaired) electrons. The zero-order valence-electron chi connectivity index (χ0n) is 14.1. The van der Waals surface area contributed by atoms with Crippen molar-refractivity contribution in [3.63, 3.8) is 0 Å². The van der Waals surface area contributed by atoms with Gasteiger partial charge in [0.15, 0.2) is 5.13 Å². The van der Waals surface area contributed by atoms with Crippen molar-refractivity contribution in [2.24, 2.45) is 5.92 Å². The van der Waals surface area contributed by atoms with Crippen molar-refractivity contribution in [2.45, 2.75) is 27.2 Å². The Hall–Kier alpha value is -2.41. The van der Waals surface area contributed by atoms with Crippen LogP contribution in [0.15, 0.2) is 29.6 Å². The summed E-state index contributed by atoms with van der Waals surface area (Å²) in [6.07, 6.45) is 0.213. The average Bonchev–Trinajstić information content (AvgIpc) is 2.92. The van der Waals surface area contributed by atoms with E-state index in [0.29, 0.717) is 23.3 Å². The maximum atomic E-state index is 12.0. The van der Waals surface area contributed by atoms with E-state index in [4.69, 9.17) is 0 Å². The van der Waals surface area contributed by atoms with Gasteiger partial charge in [0.1, 0.15) is 0 Å². The van der Waals surface area contributed by atoms with Crippen LogP contribution in [0.5, 0.6) is 0 Å². The third-order valence-electron chi connectivity index (χ3n) is 3.10. The number of thiazole rings is 1. The first-order chi connectivity index (χ1) is 11.4. The lowest BCUT2D eigenvalue weighted by Gasteiger charge is -2.06. The predicted octanol–water partition coefficient (Wildman–Crippen LogP) is 3.41. The molecule has 0 saturated heterocycles. The molecule has 0 atom stereocenters. The van der Waals surface area contributed by atoms with Crippen LogP contribution in [0.2, 0.25) is 0 Å². The van der Waals surface area contributed by atoms with E-state index >= 15 is 0 Å². The highest BCUT2D eigenvalue weighted by molar-refractivity contribution is 7.13. The highest BCUT2D eigenvalue weighted by atomic mass is 32.1. The summed E-state index contributed by atoms with van der Waals surface area (Å²) >= 11 is 1.29. The second-order valence-corrected chi connectivity index (χ2v) is 6.83. The minimum atomic E-state index is -0.356. The second-order valence-electron chi connectivity index (χ2n) is 5.97. The highest BCUT2D eigenvalue weighted by Gasteiger charge is 2.10. The maximum Gasteiger partial charge on any atom is 0.325 e. The normalized spacial score (nSPS) is 10.5. The highest BCUT2D eigenvalue weighted by Crippen LogP contribution is 2.17. The van der Waals surface area contributed by atoms with Gasteiger partial charge in [0.05, 0.1) is 12.1 Å². The molecule has 0 spiro atoms. The van der Waals surface area contributed by atoms with Gasteiger partial charge in [-0.25, -0.2) is 9.78 Å². The van der Waals surface area contributed by atoms with E-state index in [2.05, 4.69) is 20.9 Å². The van der Waals surface area contributed by atoms with Crippen molar-refractivity contribution in [1.82, 2.24) is 10.3 Å². The van der Waals surface area contributed by atoms with Gasteiger partial charge in [-0.05, 0) is 30.5 Å². The summed E-state index contributed by atoms with van der Waals surface area (Å²) in [6, 6.07) is 7.18. The molecule has 0 aliphatic rings. The molecule has 2 aromatic rings. The molecule has 0 aliphatic heterocycles. The molecule has 6 nitrogen and oxygen atoms in total. The summed E-state index contributed by atoms with van der Waals surface area (Å²) in [7, 11) is 0. The van der Waals surface area contributed by atoms with E-state index in [9.17, 15) is 9.59 Å². The summed E-state index contributed by atoms with van der Waals surface area (Å²) in [5.41, 5.74) is 2.43. The molecule has 2 rings (SSSR count). The van der Waals surface area contributed by atoms with E-state index < -0.39 is 0 Å². The van der Waals surface area contributed by atoms with Crippen LogP contribution in [-0.4, -0.2) is 23.5 Å². The fourth-order valence-corrected chi connectivity index (χ4v) is 2.68. The SMILES string of the molecule is Cc1cccc(NC(=O)Nc2nc(CC(=O)NCC(C)C)cs2)c1. The molecule has 1 heterocycles. The van der Waals surface area contributed by atoms with Crippen LogP contribution in [0.4, 0.5) is 15.6 Å². The molecule has 0 fully saturated rings. The second kappa shape index (κ2) is 8.44. The van der Waals surface area contributed by atoms with Crippen LogP contribution in [0, 0.1) is 12.8 Å². The quantitative estimate of drug-likeness (QED) is 0.749. The van der Waals surface area contributed by atoms with Crippen molar-refractivity contribution in [3.8, 4) is 0 Å². The Morgan fingerprint density at radius 1 is 1.25 bits per heavy atom. The Balaban J connectivity index is 1.84. The third-order valence-corrected chi connectivity index (χ3v) is 3.90. The number of carbonyl (C=O) groups excluding carboxylic acids is 2. The minimum Gasteiger partial charge on any atom is -0.356 e. The molecule has 24 heavy (non-hydrogen) atoms. The number of rotatable bonds is 6. The molecule has 1 aromatic heterocycles. The molecule has 0 aliphatic carbocycles. The van der Waals surface area contributed by atoms with Gasteiger partial charge >= 0.3 is 6.03 Å². The Bertz CT molecular complexity index is 712. The molecular weight excluding hydrogens is 324 g/mol. The van der Waals surface area contributed by atoms with Gasteiger partial charge in [-0.3, -0.25) is 10.1 Å². The van der Waals surface area contributed by atoms with Crippen molar-refractivity contribution < 1.29 is 9.59 Å². The van der Waals surface area contributed by atoms with E-state index in [1.54, 1.807) is 5.38 Å². The number of carbonyl (C=O) groups is 2. The molecule has 0 bridgehead atoms. The number of benzene rings is 1. The van der Waals surface area contributed by atoms with Gasteiger partial charge in [0, 0.05) is 17.6 Å². The first kappa shape index (κ1) is 17.9. The number of aromatic nitrogens is 1. The van der Waals surface area contributed by atoms with E-state index in [1.165, 1.54) is 11.3 Å². The molecule has 0 saturated carbocycles. The standard InChI is InChI=1S/C17H22N4O2S/c1-11(2)9-18-15(22)8-14-10-24-17(20-14)21-16(23)19-13-6-4-5-12(3)7-13/h4-7,10-11H,8-9H2,1-3H3,(H,18,22)(H2,19,20,21,23). The number of urea groups is 1. The molecule has 0 unspecified atom stereocenters. The summed E-state index contributed by atoms with van der Waals surface area (Å²) in [6.45, 7) is 6.68. The fraction of sp³-hybridized carbons (Fsp3) is 0.353. The zero-order valence-corrected chi connectivity index (χ0v) is 14.9. The molecule has 3 amide bonds. The first-order valence-electron chi connectivity index (χ1n) is 7.78. The predicted molar refractivity (Wildman–Crippen MR) is 97.5 cm³/mol. The van der Waals surface area contributed by atoms with E-state index in [1.807, 2.05) is 45.0 Å². The molecule has 7 heteroatoms. The third kappa shape index (κ3) is 6.00. The van der Waals surface area contributed by atoms with Crippen molar-refractivity contribution in [3.05, 3.63) is 40.9 Å². The van der Waals surface area contributed by atoms with Crippen LogP contribution in [0.3, 0.4) is 0 Å². The van der Waals surface area contributed by atoms with Gasteiger partial charge in [-0.1, -0.05) is 26.0 Å². The van der Waals surface area contributed by atoms with Gasteiger partial charge in [-0.15, -0.1) is 11.3 Å². The summed E-state index contributed by atoms with van der Waals surface area (Å²) in [5.74, 6) is 0.344. The number of hydrogen-bond acceptors (Lipinski definition) is 4. The molecule has 1 aromatic carbocycles. The lowest BCUT2D eigenvalue weighted by Crippen LogP contribution is -2.28. The monoisotopic (exact) mass is 346 g/mol. The topological polar surface area (TPSA) is 83.1 Å². The number of aryl methyl sites for hydroxylation is 1. The molecule has 3 N–H and O–H groups in total. The summed E-state index contributed by atoms with van der Waals surface area (Å²) in [4.78, 5) is 28.0. The van der Waals surface area contributed by atoms with Crippen molar-refractivity contribution in [2.75, 3.05) is 17.2 Å². The van der Waals surface area contributed by atoms with E-state index in [0.717, 1.165) is 11.3 Å². The minimum absolute atomic E-state index is 0.0650. The van der Waals surface area contributed by atoms with Gasteiger partial charge in [0.25, 0.3) is 0 Å². The zero-order chi connectivity index (χ0) is 17.5. The largest absolute Gasteiger partial charge is 0.356 e. The van der Waals surface area contributed by atoms with Gasteiger partial charge in [0.2, 0.25) is 5.91 Å². The average molecular weight is 346 g/mol. The fourth-order valence-electron chi connectivity index (χ4n) is 1.97. The summed E-state index contributed by atoms with van der Waals surface area (Å²) in [5, 5.41) is 10.5.